The molecule has 0 aliphatic rings. The first-order valence-corrected chi connectivity index (χ1v) is 7.59. The van der Waals surface area contributed by atoms with Gasteiger partial charge in [-0.05, 0) is 36.4 Å². The predicted molar refractivity (Wildman–Crippen MR) is 96.4 cm³/mol. The summed E-state index contributed by atoms with van der Waals surface area (Å²) >= 11 is 0. The molecule has 1 aromatic heterocycles. The van der Waals surface area contributed by atoms with Crippen molar-refractivity contribution in [1.82, 2.24) is 0 Å². The first kappa shape index (κ1) is 14.9. The van der Waals surface area contributed by atoms with Gasteiger partial charge in [0.05, 0.1) is 21.4 Å². The van der Waals surface area contributed by atoms with Crippen LogP contribution in [0.25, 0.3) is 21.9 Å². The number of hydrogen-bond donors (Lipinski definition) is 1. The van der Waals surface area contributed by atoms with Crippen molar-refractivity contribution in [2.75, 3.05) is 5.32 Å². The number of nitrogens with zero attached hydrogens (tertiary/aromatic N) is 1. The molecule has 0 saturated carbocycles. The van der Waals surface area contributed by atoms with Gasteiger partial charge in [0, 0.05) is 17.8 Å². The van der Waals surface area contributed by atoms with Crippen molar-refractivity contribution >= 4 is 39.0 Å². The summed E-state index contributed by atoms with van der Waals surface area (Å²) in [4.78, 5) is 23.1. The lowest BCUT2D eigenvalue weighted by Gasteiger charge is -2.09. The molecule has 4 rings (SSSR count). The molecular formula is C19H12N2O4. The molecule has 25 heavy (non-hydrogen) atoms. The number of hydrogen-bond acceptors (Lipinski definition) is 5. The van der Waals surface area contributed by atoms with E-state index < -0.39 is 4.92 Å². The van der Waals surface area contributed by atoms with Crippen molar-refractivity contribution in [2.45, 2.75) is 0 Å². The van der Waals surface area contributed by atoms with Crippen LogP contribution in [0.5, 0.6) is 0 Å². The van der Waals surface area contributed by atoms with Crippen LogP contribution in [0.15, 0.2) is 75.9 Å². The van der Waals surface area contributed by atoms with E-state index in [-0.39, 0.29) is 11.1 Å². The highest BCUT2D eigenvalue weighted by molar-refractivity contribution is 5.98. The Bertz CT molecular complexity index is 1160. The zero-order valence-corrected chi connectivity index (χ0v) is 12.9. The van der Waals surface area contributed by atoms with Crippen molar-refractivity contribution < 1.29 is 9.34 Å². The van der Waals surface area contributed by atoms with E-state index in [1.54, 1.807) is 48.5 Å². The van der Waals surface area contributed by atoms with Crippen LogP contribution in [-0.4, -0.2) is 4.92 Å². The highest BCUT2D eigenvalue weighted by Gasteiger charge is 2.12. The van der Waals surface area contributed by atoms with Gasteiger partial charge in [-0.2, -0.15) is 0 Å². The molecular weight excluding hydrogens is 320 g/mol. The maximum absolute atomic E-state index is 12.9. The van der Waals surface area contributed by atoms with E-state index in [4.69, 9.17) is 4.42 Å². The zero-order chi connectivity index (χ0) is 17.4. The molecule has 0 saturated heterocycles. The van der Waals surface area contributed by atoms with Gasteiger partial charge in [0.25, 0.3) is 5.69 Å². The third-order valence-electron chi connectivity index (χ3n) is 3.96. The van der Waals surface area contributed by atoms with Crippen molar-refractivity contribution in [3.05, 3.63) is 87.1 Å². The van der Waals surface area contributed by atoms with Gasteiger partial charge in [0.1, 0.15) is 11.2 Å². The Morgan fingerprint density at radius 3 is 2.36 bits per heavy atom. The SMILES string of the molecule is O=c1c2ccccc2oc2cccc(Nc3ccc([N+](=O)[O-])cc3)c12. The van der Waals surface area contributed by atoms with Gasteiger partial charge >= 0.3 is 0 Å². The van der Waals surface area contributed by atoms with Gasteiger partial charge in [-0.1, -0.05) is 18.2 Å². The van der Waals surface area contributed by atoms with E-state index in [9.17, 15) is 14.9 Å². The van der Waals surface area contributed by atoms with E-state index in [1.165, 1.54) is 12.1 Å². The summed E-state index contributed by atoms with van der Waals surface area (Å²) in [7, 11) is 0. The van der Waals surface area contributed by atoms with Crippen LogP contribution in [0.1, 0.15) is 0 Å². The van der Waals surface area contributed by atoms with E-state index in [1.807, 2.05) is 6.07 Å². The third kappa shape index (κ3) is 2.59. The fourth-order valence-electron chi connectivity index (χ4n) is 2.77. The summed E-state index contributed by atoms with van der Waals surface area (Å²) in [6.45, 7) is 0. The predicted octanol–water partition coefficient (Wildman–Crippen LogP) is 4.60. The van der Waals surface area contributed by atoms with Crippen LogP contribution in [0, 0.1) is 10.1 Å². The summed E-state index contributed by atoms with van der Waals surface area (Å²) in [5, 5.41) is 14.8. The molecule has 1 N–H and O–H groups in total. The fourth-order valence-corrected chi connectivity index (χ4v) is 2.77. The van der Waals surface area contributed by atoms with E-state index in [0.717, 1.165) is 0 Å². The van der Waals surface area contributed by atoms with Gasteiger partial charge in [-0.25, -0.2) is 0 Å². The molecule has 4 aromatic rings. The largest absolute Gasteiger partial charge is 0.456 e. The van der Waals surface area contributed by atoms with Gasteiger partial charge < -0.3 is 9.73 Å². The lowest BCUT2D eigenvalue weighted by Crippen LogP contribution is -2.05. The highest BCUT2D eigenvalue weighted by atomic mass is 16.6. The molecule has 0 atom stereocenters. The number of nitro benzene ring substituents is 1. The minimum atomic E-state index is -0.456. The number of para-hydroxylation sites is 1. The quantitative estimate of drug-likeness (QED) is 0.337. The van der Waals surface area contributed by atoms with Gasteiger partial charge in [0.15, 0.2) is 0 Å². The topological polar surface area (TPSA) is 85.4 Å². The molecule has 6 nitrogen and oxygen atoms in total. The maximum atomic E-state index is 12.9. The Kier molecular flexibility index (Phi) is 3.43. The first-order valence-electron chi connectivity index (χ1n) is 7.59. The van der Waals surface area contributed by atoms with Gasteiger partial charge in [-0.3, -0.25) is 14.9 Å². The van der Waals surface area contributed by atoms with Crippen molar-refractivity contribution in [1.29, 1.82) is 0 Å². The second-order valence-electron chi connectivity index (χ2n) is 5.54. The average molecular weight is 332 g/mol. The summed E-state index contributed by atoms with van der Waals surface area (Å²) in [5.41, 5.74) is 2.13. The number of nitro groups is 1. The van der Waals surface area contributed by atoms with Crippen LogP contribution >= 0.6 is 0 Å². The van der Waals surface area contributed by atoms with Gasteiger partial charge in [0.2, 0.25) is 5.43 Å². The smallest absolute Gasteiger partial charge is 0.269 e. The van der Waals surface area contributed by atoms with E-state index in [2.05, 4.69) is 5.32 Å². The molecule has 0 aliphatic carbocycles. The minimum absolute atomic E-state index is 0.00831. The van der Waals surface area contributed by atoms with Crippen LogP contribution in [0.3, 0.4) is 0 Å². The Morgan fingerprint density at radius 1 is 0.880 bits per heavy atom. The van der Waals surface area contributed by atoms with Crippen molar-refractivity contribution in [3.8, 4) is 0 Å². The Hall–Kier alpha value is -3.67. The average Bonchev–Trinajstić information content (AvgIpc) is 2.62. The Labute approximate surface area is 141 Å². The fraction of sp³-hybridized carbons (Fsp3) is 0. The number of anilines is 2. The Balaban J connectivity index is 1.86. The first-order chi connectivity index (χ1) is 12.1. The molecule has 122 valence electrons. The van der Waals surface area contributed by atoms with Crippen LogP contribution in [0.2, 0.25) is 0 Å². The third-order valence-corrected chi connectivity index (χ3v) is 3.96. The lowest BCUT2D eigenvalue weighted by molar-refractivity contribution is -0.384. The molecule has 0 amide bonds. The van der Waals surface area contributed by atoms with Crippen molar-refractivity contribution in [2.24, 2.45) is 0 Å². The summed E-state index contributed by atoms with van der Waals surface area (Å²) < 4.78 is 5.83. The number of fused-ring (bicyclic) bond motifs is 2. The minimum Gasteiger partial charge on any atom is -0.456 e. The molecule has 1 heterocycles. The number of non-ortho nitro benzene ring substituents is 1. The van der Waals surface area contributed by atoms with Crippen molar-refractivity contribution in [3.63, 3.8) is 0 Å². The highest BCUT2D eigenvalue weighted by Crippen LogP contribution is 2.27. The molecule has 0 aliphatic heterocycles. The molecule has 0 fully saturated rings. The molecule has 3 aromatic carbocycles. The zero-order valence-electron chi connectivity index (χ0n) is 12.9. The molecule has 0 unspecified atom stereocenters. The van der Waals surface area contributed by atoms with E-state index >= 15 is 0 Å². The molecule has 0 bridgehead atoms. The molecule has 0 spiro atoms. The second-order valence-corrected chi connectivity index (χ2v) is 5.54. The summed E-state index contributed by atoms with van der Waals surface area (Å²) in [6, 6.07) is 18.4. The number of rotatable bonds is 3. The van der Waals surface area contributed by atoms with Crippen LogP contribution in [0.4, 0.5) is 17.1 Å². The van der Waals surface area contributed by atoms with Crippen LogP contribution < -0.4 is 10.7 Å². The monoisotopic (exact) mass is 332 g/mol. The summed E-state index contributed by atoms with van der Waals surface area (Å²) in [6.07, 6.45) is 0. The second kappa shape index (κ2) is 5.76. The number of benzene rings is 3. The standard InChI is InChI=1S/C19H12N2O4/c22-19-14-4-1-2-6-16(14)25-17-7-3-5-15(18(17)19)20-12-8-10-13(11-9-12)21(23)24/h1-11,20H. The molecule has 6 heteroatoms. The lowest BCUT2D eigenvalue weighted by atomic mass is 10.1. The Morgan fingerprint density at radius 2 is 1.60 bits per heavy atom. The normalized spacial score (nSPS) is 10.9. The summed E-state index contributed by atoms with van der Waals surface area (Å²) in [5.74, 6) is 0. The van der Waals surface area contributed by atoms with Gasteiger partial charge in [-0.15, -0.1) is 0 Å². The van der Waals surface area contributed by atoms with E-state index in [0.29, 0.717) is 33.3 Å². The number of nitrogens with one attached hydrogen (secondary N) is 1. The van der Waals surface area contributed by atoms with Crippen LogP contribution in [-0.2, 0) is 0 Å². The molecule has 0 radical (unpaired) electrons. The maximum Gasteiger partial charge on any atom is 0.269 e.